The van der Waals surface area contributed by atoms with Crippen molar-refractivity contribution in [2.24, 2.45) is 0 Å². The topological polar surface area (TPSA) is 88.2 Å². The van der Waals surface area contributed by atoms with E-state index in [1.165, 1.54) is 36.7 Å². The van der Waals surface area contributed by atoms with Crippen LogP contribution in [0.5, 0.6) is 0 Å². The minimum atomic E-state index is -3.74. The molecule has 0 aliphatic rings. The van der Waals surface area contributed by atoms with Crippen LogP contribution in [0.1, 0.15) is 40.0 Å². The number of rotatable bonds is 6. The molecule has 0 unspecified atom stereocenters. The third-order valence-corrected chi connectivity index (χ3v) is 6.01. The van der Waals surface area contributed by atoms with Gasteiger partial charge in [0.25, 0.3) is 15.9 Å². The van der Waals surface area contributed by atoms with Crippen molar-refractivity contribution < 1.29 is 13.2 Å². The molecule has 0 saturated carbocycles. The van der Waals surface area contributed by atoms with Gasteiger partial charge in [-0.25, -0.2) is 8.42 Å². The molecule has 29 heavy (non-hydrogen) atoms. The molecule has 0 aliphatic carbocycles. The number of carbonyl (C=O) groups is 1. The van der Waals surface area contributed by atoms with Crippen molar-refractivity contribution in [3.63, 3.8) is 0 Å². The molecule has 0 fully saturated rings. The number of amides is 1. The Morgan fingerprint density at radius 3 is 2.28 bits per heavy atom. The van der Waals surface area contributed by atoms with Gasteiger partial charge in [0.2, 0.25) is 0 Å². The zero-order chi connectivity index (χ0) is 21.0. The smallest absolute Gasteiger partial charge is 0.261 e. The van der Waals surface area contributed by atoms with Crippen LogP contribution >= 0.6 is 0 Å². The summed E-state index contributed by atoms with van der Waals surface area (Å²) in [6.07, 6.45) is 3.00. The summed E-state index contributed by atoms with van der Waals surface area (Å²) in [4.78, 5) is 16.5. The van der Waals surface area contributed by atoms with E-state index in [0.717, 1.165) is 16.7 Å². The standard InChI is InChI=1S/C22H23N3O3S/c1-15-4-5-16(2)21(14-15)17(3)24-22(26)18-6-8-20(9-7-18)29(27,28)25-19-10-12-23-13-11-19/h4-14,17H,1-3H3,(H,23,25)(H,24,26)/t17-/m0/s1. The number of hydrogen-bond acceptors (Lipinski definition) is 4. The second kappa shape index (κ2) is 8.45. The van der Waals surface area contributed by atoms with E-state index in [9.17, 15) is 13.2 Å². The highest BCUT2D eigenvalue weighted by Crippen LogP contribution is 2.20. The number of sulfonamides is 1. The van der Waals surface area contributed by atoms with E-state index >= 15 is 0 Å². The number of aryl methyl sites for hydroxylation is 2. The molecule has 1 atom stereocenters. The van der Waals surface area contributed by atoms with Crippen molar-refractivity contribution in [1.29, 1.82) is 0 Å². The van der Waals surface area contributed by atoms with Crippen LogP contribution in [0, 0.1) is 13.8 Å². The van der Waals surface area contributed by atoms with E-state index in [4.69, 9.17) is 0 Å². The van der Waals surface area contributed by atoms with E-state index in [-0.39, 0.29) is 16.8 Å². The van der Waals surface area contributed by atoms with Crippen LogP contribution in [0.2, 0.25) is 0 Å². The molecule has 1 amide bonds. The van der Waals surface area contributed by atoms with Crippen molar-refractivity contribution in [3.05, 3.63) is 89.2 Å². The van der Waals surface area contributed by atoms with Crippen LogP contribution < -0.4 is 10.0 Å². The molecule has 7 heteroatoms. The Labute approximate surface area is 171 Å². The van der Waals surface area contributed by atoms with Gasteiger partial charge in [-0.1, -0.05) is 23.8 Å². The van der Waals surface area contributed by atoms with Crippen LogP contribution in [0.25, 0.3) is 0 Å². The highest BCUT2D eigenvalue weighted by atomic mass is 32.2. The van der Waals surface area contributed by atoms with Gasteiger partial charge in [0.1, 0.15) is 0 Å². The molecule has 2 aromatic carbocycles. The Balaban J connectivity index is 1.72. The molecule has 0 bridgehead atoms. The SMILES string of the molecule is Cc1ccc(C)c([C@H](C)NC(=O)c2ccc(S(=O)(=O)Nc3ccncc3)cc2)c1. The van der Waals surface area contributed by atoms with Gasteiger partial charge in [-0.2, -0.15) is 0 Å². The summed E-state index contributed by atoms with van der Waals surface area (Å²) < 4.78 is 27.4. The molecular formula is C22H23N3O3S. The molecular weight excluding hydrogens is 386 g/mol. The van der Waals surface area contributed by atoms with E-state index in [1.54, 1.807) is 12.1 Å². The first-order valence-corrected chi connectivity index (χ1v) is 10.7. The molecule has 150 valence electrons. The molecule has 3 rings (SSSR count). The highest BCUT2D eigenvalue weighted by molar-refractivity contribution is 7.92. The third-order valence-electron chi connectivity index (χ3n) is 4.61. The second-order valence-corrected chi connectivity index (χ2v) is 8.60. The number of anilines is 1. The van der Waals surface area contributed by atoms with E-state index in [0.29, 0.717) is 11.3 Å². The summed E-state index contributed by atoms with van der Waals surface area (Å²) in [6.45, 7) is 5.95. The van der Waals surface area contributed by atoms with Gasteiger partial charge in [-0.15, -0.1) is 0 Å². The zero-order valence-electron chi connectivity index (χ0n) is 16.5. The van der Waals surface area contributed by atoms with Gasteiger partial charge in [0.15, 0.2) is 0 Å². The molecule has 0 saturated heterocycles. The minimum Gasteiger partial charge on any atom is -0.346 e. The number of carbonyl (C=O) groups excluding carboxylic acids is 1. The average Bonchev–Trinajstić information content (AvgIpc) is 2.70. The molecule has 0 radical (unpaired) electrons. The quantitative estimate of drug-likeness (QED) is 0.644. The maximum atomic E-state index is 12.6. The van der Waals surface area contributed by atoms with E-state index in [1.807, 2.05) is 32.9 Å². The van der Waals surface area contributed by atoms with Gasteiger partial charge in [-0.05, 0) is 68.3 Å². The maximum absolute atomic E-state index is 12.6. The molecule has 1 aromatic heterocycles. The lowest BCUT2D eigenvalue weighted by atomic mass is 10.00. The molecule has 2 N–H and O–H groups in total. The second-order valence-electron chi connectivity index (χ2n) is 6.92. The fourth-order valence-electron chi connectivity index (χ4n) is 3.00. The van der Waals surface area contributed by atoms with Gasteiger partial charge in [-0.3, -0.25) is 14.5 Å². The summed E-state index contributed by atoms with van der Waals surface area (Å²) in [6, 6.07) is 14.9. The van der Waals surface area contributed by atoms with Gasteiger partial charge < -0.3 is 5.32 Å². The van der Waals surface area contributed by atoms with Crippen LogP contribution in [-0.4, -0.2) is 19.3 Å². The number of hydrogen-bond donors (Lipinski definition) is 2. The molecule has 1 heterocycles. The monoisotopic (exact) mass is 409 g/mol. The predicted octanol–water partition coefficient (Wildman–Crippen LogP) is 3.99. The zero-order valence-corrected chi connectivity index (χ0v) is 17.3. The third kappa shape index (κ3) is 5.00. The van der Waals surface area contributed by atoms with Crippen LogP contribution in [-0.2, 0) is 10.0 Å². The lowest BCUT2D eigenvalue weighted by Gasteiger charge is -2.17. The van der Waals surface area contributed by atoms with E-state index < -0.39 is 10.0 Å². The van der Waals surface area contributed by atoms with Crippen molar-refractivity contribution in [2.75, 3.05) is 4.72 Å². The average molecular weight is 410 g/mol. The Hall–Kier alpha value is -3.19. The predicted molar refractivity (Wildman–Crippen MR) is 113 cm³/mol. The first-order chi connectivity index (χ1) is 13.8. The lowest BCUT2D eigenvalue weighted by molar-refractivity contribution is 0.0939. The summed E-state index contributed by atoms with van der Waals surface area (Å²) >= 11 is 0. The van der Waals surface area contributed by atoms with Crippen LogP contribution in [0.3, 0.4) is 0 Å². The van der Waals surface area contributed by atoms with Gasteiger partial charge >= 0.3 is 0 Å². The first kappa shape index (κ1) is 20.5. The molecule has 0 aliphatic heterocycles. The Morgan fingerprint density at radius 2 is 1.62 bits per heavy atom. The fourth-order valence-corrected chi connectivity index (χ4v) is 4.06. The molecule has 3 aromatic rings. The lowest BCUT2D eigenvalue weighted by Crippen LogP contribution is -2.27. The van der Waals surface area contributed by atoms with Crippen molar-refractivity contribution in [1.82, 2.24) is 10.3 Å². The van der Waals surface area contributed by atoms with Crippen LogP contribution in [0.15, 0.2) is 71.9 Å². The van der Waals surface area contributed by atoms with Gasteiger partial charge in [0, 0.05) is 18.0 Å². The molecule has 0 spiro atoms. The Kier molecular flexibility index (Phi) is 5.98. The maximum Gasteiger partial charge on any atom is 0.261 e. The van der Waals surface area contributed by atoms with Crippen LogP contribution in [0.4, 0.5) is 5.69 Å². The molecule has 6 nitrogen and oxygen atoms in total. The highest BCUT2D eigenvalue weighted by Gasteiger charge is 2.17. The summed E-state index contributed by atoms with van der Waals surface area (Å²) in [5, 5.41) is 2.97. The number of pyridine rings is 1. The number of nitrogens with zero attached hydrogens (tertiary/aromatic N) is 1. The number of nitrogens with one attached hydrogen (secondary N) is 2. The minimum absolute atomic E-state index is 0.0773. The summed E-state index contributed by atoms with van der Waals surface area (Å²) in [5.74, 6) is -0.260. The first-order valence-electron chi connectivity index (χ1n) is 9.17. The van der Waals surface area contributed by atoms with Crippen molar-refractivity contribution >= 4 is 21.6 Å². The summed E-state index contributed by atoms with van der Waals surface area (Å²) in [5.41, 5.74) is 4.10. The largest absolute Gasteiger partial charge is 0.346 e. The van der Waals surface area contributed by atoms with Crippen molar-refractivity contribution in [2.45, 2.75) is 31.7 Å². The van der Waals surface area contributed by atoms with Gasteiger partial charge in [0.05, 0.1) is 16.6 Å². The Morgan fingerprint density at radius 1 is 0.966 bits per heavy atom. The Bertz CT molecular complexity index is 1110. The number of aromatic nitrogens is 1. The van der Waals surface area contributed by atoms with Crippen molar-refractivity contribution in [3.8, 4) is 0 Å². The summed E-state index contributed by atoms with van der Waals surface area (Å²) in [7, 11) is -3.74. The number of benzene rings is 2. The fraction of sp³-hybridized carbons (Fsp3) is 0.182. The van der Waals surface area contributed by atoms with E-state index in [2.05, 4.69) is 21.1 Å². The normalized spacial score (nSPS) is 12.2.